The van der Waals surface area contributed by atoms with Crippen LogP contribution in [0.3, 0.4) is 0 Å². The number of rotatable bonds is 9. The lowest BCUT2D eigenvalue weighted by atomic mass is 9.96. The highest BCUT2D eigenvalue weighted by molar-refractivity contribution is 14.1. The fourth-order valence-electron chi connectivity index (χ4n) is 4.79. The molecule has 0 bridgehead atoms. The molecule has 0 radical (unpaired) electrons. The average Bonchev–Trinajstić information content (AvgIpc) is 3.31. The number of hydrogen-bond donors (Lipinski definition) is 0. The van der Waals surface area contributed by atoms with Crippen molar-refractivity contribution in [2.75, 3.05) is 20.3 Å². The highest BCUT2D eigenvalue weighted by Gasteiger charge is 2.33. The van der Waals surface area contributed by atoms with Crippen molar-refractivity contribution in [3.05, 3.63) is 118 Å². The summed E-state index contributed by atoms with van der Waals surface area (Å²) in [7, 11) is 1.57. The number of fused-ring (bicyclic) bond motifs is 1. The van der Waals surface area contributed by atoms with E-state index >= 15 is 0 Å². The SMILES string of the molecule is CCOC(=O)C1=C(C)N=c2sc(=Cc3ccc(OC(=O)c4ccccc4I)c(OCC)c3)c(=O)n2C1c1ccc(OC)cc1. The first kappa shape index (κ1) is 31.2. The van der Waals surface area contributed by atoms with E-state index in [1.165, 1.54) is 15.9 Å². The zero-order valence-electron chi connectivity index (χ0n) is 24.5. The van der Waals surface area contributed by atoms with Crippen LogP contribution in [0.2, 0.25) is 0 Å². The van der Waals surface area contributed by atoms with Gasteiger partial charge in [-0.3, -0.25) is 9.36 Å². The van der Waals surface area contributed by atoms with Gasteiger partial charge in [0.25, 0.3) is 5.56 Å². The topological polar surface area (TPSA) is 105 Å². The summed E-state index contributed by atoms with van der Waals surface area (Å²) in [6, 6.07) is 18.7. The number of methoxy groups -OCH3 is 1. The van der Waals surface area contributed by atoms with Gasteiger partial charge in [-0.2, -0.15) is 0 Å². The minimum absolute atomic E-state index is 0.188. The number of carbonyl (C=O) groups excluding carboxylic acids is 2. The van der Waals surface area contributed by atoms with Gasteiger partial charge < -0.3 is 18.9 Å². The van der Waals surface area contributed by atoms with E-state index < -0.39 is 18.0 Å². The zero-order valence-corrected chi connectivity index (χ0v) is 27.4. The first-order chi connectivity index (χ1) is 21.2. The molecular weight excluding hydrogens is 695 g/mol. The predicted octanol–water partition coefficient (Wildman–Crippen LogP) is 5.03. The van der Waals surface area contributed by atoms with Gasteiger partial charge in [0.05, 0.1) is 47.7 Å². The molecule has 9 nitrogen and oxygen atoms in total. The predicted molar refractivity (Wildman–Crippen MR) is 175 cm³/mol. The second-order valence-electron chi connectivity index (χ2n) is 9.58. The van der Waals surface area contributed by atoms with Crippen LogP contribution in [0.15, 0.2) is 87.8 Å². The normalized spacial score (nSPS) is 14.5. The Labute approximate surface area is 271 Å². The summed E-state index contributed by atoms with van der Waals surface area (Å²) in [5, 5.41) is 0. The highest BCUT2D eigenvalue weighted by Crippen LogP contribution is 2.32. The standard InChI is InChI=1S/C33H29IN2O7S/c1-5-41-26-17-20(11-16-25(26)43-31(38)23-9-7-8-10-24(23)34)18-27-30(37)36-29(21-12-14-22(40-4)15-13-21)28(32(39)42-6-2)19(3)35-33(36)44-27/h7-18,29H,5-6H2,1-4H3. The van der Waals surface area contributed by atoms with Gasteiger partial charge in [-0.15, -0.1) is 0 Å². The van der Waals surface area contributed by atoms with Crippen molar-refractivity contribution in [1.82, 2.24) is 4.57 Å². The lowest BCUT2D eigenvalue weighted by Gasteiger charge is -2.24. The maximum absolute atomic E-state index is 14.0. The van der Waals surface area contributed by atoms with Crippen LogP contribution in [0, 0.1) is 3.57 Å². The number of benzene rings is 3. The molecule has 5 rings (SSSR count). The Morgan fingerprint density at radius 2 is 1.75 bits per heavy atom. The summed E-state index contributed by atoms with van der Waals surface area (Å²) >= 11 is 3.31. The summed E-state index contributed by atoms with van der Waals surface area (Å²) in [6.07, 6.45) is 1.73. The monoisotopic (exact) mass is 724 g/mol. The molecule has 0 fully saturated rings. The van der Waals surface area contributed by atoms with Crippen LogP contribution in [-0.2, 0) is 9.53 Å². The number of thiazole rings is 1. The Kier molecular flexibility index (Phi) is 9.64. The van der Waals surface area contributed by atoms with E-state index in [-0.39, 0.29) is 17.9 Å². The number of ether oxygens (including phenoxy) is 4. The first-order valence-corrected chi connectivity index (χ1v) is 15.7. The molecule has 4 aromatic rings. The summed E-state index contributed by atoms with van der Waals surface area (Å²) in [4.78, 5) is 45.0. The smallest absolute Gasteiger partial charge is 0.344 e. The van der Waals surface area contributed by atoms with Crippen LogP contribution in [0.1, 0.15) is 48.3 Å². The van der Waals surface area contributed by atoms with Gasteiger partial charge in [0, 0.05) is 3.57 Å². The van der Waals surface area contributed by atoms with Crippen LogP contribution in [0.5, 0.6) is 17.2 Å². The lowest BCUT2D eigenvalue weighted by Crippen LogP contribution is -2.39. The lowest BCUT2D eigenvalue weighted by molar-refractivity contribution is -0.139. The van der Waals surface area contributed by atoms with E-state index in [0.29, 0.717) is 55.4 Å². The summed E-state index contributed by atoms with van der Waals surface area (Å²) in [6.45, 7) is 5.84. The van der Waals surface area contributed by atoms with Gasteiger partial charge in [0.2, 0.25) is 0 Å². The molecule has 44 heavy (non-hydrogen) atoms. The Balaban J connectivity index is 1.57. The molecule has 11 heteroatoms. The van der Waals surface area contributed by atoms with Crippen LogP contribution < -0.4 is 29.1 Å². The molecule has 226 valence electrons. The fourth-order valence-corrected chi connectivity index (χ4v) is 6.45. The van der Waals surface area contributed by atoms with E-state index in [1.54, 1.807) is 69.5 Å². The molecule has 3 aromatic carbocycles. The molecule has 0 aliphatic carbocycles. The van der Waals surface area contributed by atoms with Crippen molar-refractivity contribution in [3.63, 3.8) is 0 Å². The molecule has 2 heterocycles. The number of hydrogen-bond acceptors (Lipinski definition) is 9. The molecule has 0 N–H and O–H groups in total. The Hall–Kier alpha value is -4.23. The third-order valence-corrected chi connectivity index (χ3v) is 8.73. The fraction of sp³-hybridized carbons (Fsp3) is 0.212. The van der Waals surface area contributed by atoms with Gasteiger partial charge >= 0.3 is 11.9 Å². The quantitative estimate of drug-likeness (QED) is 0.136. The van der Waals surface area contributed by atoms with E-state index in [9.17, 15) is 14.4 Å². The molecule has 1 aromatic heterocycles. The largest absolute Gasteiger partial charge is 0.497 e. The number of esters is 2. The van der Waals surface area contributed by atoms with E-state index in [0.717, 1.165) is 3.57 Å². The van der Waals surface area contributed by atoms with Crippen molar-refractivity contribution in [2.24, 2.45) is 4.99 Å². The minimum Gasteiger partial charge on any atom is -0.497 e. The Morgan fingerprint density at radius 1 is 1.00 bits per heavy atom. The van der Waals surface area contributed by atoms with Crippen molar-refractivity contribution in [2.45, 2.75) is 26.8 Å². The van der Waals surface area contributed by atoms with Crippen LogP contribution in [-0.4, -0.2) is 36.8 Å². The molecule has 0 spiro atoms. The van der Waals surface area contributed by atoms with Crippen LogP contribution in [0.4, 0.5) is 0 Å². The van der Waals surface area contributed by atoms with Gasteiger partial charge in [-0.25, -0.2) is 14.6 Å². The number of halogens is 1. The Bertz CT molecular complexity index is 1940. The second-order valence-corrected chi connectivity index (χ2v) is 11.8. The Morgan fingerprint density at radius 3 is 2.43 bits per heavy atom. The maximum atomic E-state index is 14.0. The van der Waals surface area contributed by atoms with Crippen molar-refractivity contribution in [1.29, 1.82) is 0 Å². The summed E-state index contributed by atoms with van der Waals surface area (Å²) < 4.78 is 24.9. The molecule has 1 atom stereocenters. The number of nitrogens with zero attached hydrogens (tertiary/aromatic N) is 2. The van der Waals surface area contributed by atoms with Gasteiger partial charge in [-0.05, 0) is 97.0 Å². The summed E-state index contributed by atoms with van der Waals surface area (Å²) in [5.41, 5.74) is 2.30. The van der Waals surface area contributed by atoms with E-state index in [4.69, 9.17) is 18.9 Å². The van der Waals surface area contributed by atoms with E-state index in [1.807, 2.05) is 31.2 Å². The molecule has 0 amide bonds. The summed E-state index contributed by atoms with van der Waals surface area (Å²) in [5.74, 6) is 0.260. The molecule has 1 aliphatic rings. The van der Waals surface area contributed by atoms with Crippen molar-refractivity contribution >= 4 is 51.9 Å². The third-order valence-electron chi connectivity index (χ3n) is 6.81. The third kappa shape index (κ3) is 6.34. The van der Waals surface area contributed by atoms with Gasteiger partial charge in [0.15, 0.2) is 16.3 Å². The molecule has 1 aliphatic heterocycles. The minimum atomic E-state index is -0.736. The van der Waals surface area contributed by atoms with Gasteiger partial charge in [0.1, 0.15) is 5.75 Å². The maximum Gasteiger partial charge on any atom is 0.344 e. The van der Waals surface area contributed by atoms with E-state index in [2.05, 4.69) is 27.6 Å². The number of carbonyl (C=O) groups is 2. The van der Waals surface area contributed by atoms with Crippen molar-refractivity contribution in [3.8, 4) is 17.2 Å². The van der Waals surface area contributed by atoms with Gasteiger partial charge in [-0.1, -0.05) is 41.7 Å². The molecule has 1 unspecified atom stereocenters. The molecule has 0 saturated heterocycles. The zero-order chi connectivity index (χ0) is 31.4. The first-order valence-electron chi connectivity index (χ1n) is 13.8. The number of allylic oxidation sites excluding steroid dienone is 1. The van der Waals surface area contributed by atoms with Crippen molar-refractivity contribution < 1.29 is 28.5 Å². The average molecular weight is 725 g/mol. The molecular formula is C33H29IN2O7S. The van der Waals surface area contributed by atoms with Crippen LogP contribution >= 0.6 is 33.9 Å². The van der Waals surface area contributed by atoms with Crippen LogP contribution in [0.25, 0.3) is 6.08 Å². The number of aromatic nitrogens is 1. The molecule has 0 saturated carbocycles. The highest BCUT2D eigenvalue weighted by atomic mass is 127. The second kappa shape index (κ2) is 13.6.